The van der Waals surface area contributed by atoms with Gasteiger partial charge in [0.05, 0.1) is 12.0 Å². The summed E-state index contributed by atoms with van der Waals surface area (Å²) in [5, 5.41) is 4.02. The van der Waals surface area contributed by atoms with E-state index in [0.717, 1.165) is 5.75 Å². The minimum absolute atomic E-state index is 0.463. The number of fused-ring (bicyclic) bond motifs is 1. The molecule has 0 radical (unpaired) electrons. The molecule has 3 heteroatoms. The maximum absolute atomic E-state index is 5.39. The van der Waals surface area contributed by atoms with E-state index in [4.69, 9.17) is 4.74 Å². The van der Waals surface area contributed by atoms with Crippen LogP contribution in [0, 0.1) is 0 Å². The third-order valence-corrected chi connectivity index (χ3v) is 4.50. The second kappa shape index (κ2) is 4.45. The van der Waals surface area contributed by atoms with Gasteiger partial charge in [0, 0.05) is 11.3 Å². The average Bonchev–Trinajstić information content (AvgIpc) is 2.66. The first-order valence-electron chi connectivity index (χ1n) is 5.32. The van der Waals surface area contributed by atoms with E-state index >= 15 is 0 Å². The summed E-state index contributed by atoms with van der Waals surface area (Å²) in [5.74, 6) is 1.01. The zero-order valence-electron chi connectivity index (χ0n) is 9.41. The SMILES string of the molecule is CCC1Sc2c(OC)cccc2C1NC. The molecule has 2 rings (SSSR count). The molecule has 2 nitrogen and oxygen atoms in total. The molecule has 0 bridgehead atoms. The third kappa shape index (κ3) is 1.74. The molecular weight excluding hydrogens is 206 g/mol. The van der Waals surface area contributed by atoms with Crippen LogP contribution in [0.3, 0.4) is 0 Å². The lowest BCUT2D eigenvalue weighted by atomic mass is 10.0. The van der Waals surface area contributed by atoms with Crippen LogP contribution in [0.2, 0.25) is 0 Å². The summed E-state index contributed by atoms with van der Waals surface area (Å²) in [6.45, 7) is 2.24. The molecule has 1 aliphatic rings. The molecule has 0 spiro atoms. The molecule has 0 fully saturated rings. The molecule has 1 aliphatic heterocycles. The van der Waals surface area contributed by atoms with E-state index in [1.807, 2.05) is 24.9 Å². The quantitative estimate of drug-likeness (QED) is 0.851. The molecular formula is C12H17NOS. The zero-order valence-corrected chi connectivity index (χ0v) is 10.2. The molecule has 1 aromatic carbocycles. The van der Waals surface area contributed by atoms with Crippen molar-refractivity contribution in [2.45, 2.75) is 29.5 Å². The van der Waals surface area contributed by atoms with Crippen LogP contribution >= 0.6 is 11.8 Å². The van der Waals surface area contributed by atoms with Crippen molar-refractivity contribution < 1.29 is 4.74 Å². The van der Waals surface area contributed by atoms with E-state index in [9.17, 15) is 0 Å². The molecule has 82 valence electrons. The lowest BCUT2D eigenvalue weighted by Gasteiger charge is -2.16. The fraction of sp³-hybridized carbons (Fsp3) is 0.500. The standard InChI is InChI=1S/C12H17NOS/c1-4-10-11(13-2)8-6-5-7-9(14-3)12(8)15-10/h5-7,10-11,13H,4H2,1-3H3. The van der Waals surface area contributed by atoms with Crippen molar-refractivity contribution in [3.8, 4) is 5.75 Å². The molecule has 2 unspecified atom stereocenters. The molecule has 0 aliphatic carbocycles. The molecule has 1 heterocycles. The van der Waals surface area contributed by atoms with E-state index in [0.29, 0.717) is 11.3 Å². The number of thioether (sulfide) groups is 1. The summed E-state index contributed by atoms with van der Waals surface area (Å²) in [6.07, 6.45) is 1.17. The topological polar surface area (TPSA) is 21.3 Å². The first-order valence-corrected chi connectivity index (χ1v) is 6.20. The van der Waals surface area contributed by atoms with Crippen molar-refractivity contribution in [2.75, 3.05) is 14.2 Å². The lowest BCUT2D eigenvalue weighted by Crippen LogP contribution is -2.22. The minimum atomic E-state index is 0.463. The zero-order chi connectivity index (χ0) is 10.8. The van der Waals surface area contributed by atoms with Gasteiger partial charge in [-0.25, -0.2) is 0 Å². The summed E-state index contributed by atoms with van der Waals surface area (Å²) in [4.78, 5) is 1.31. The minimum Gasteiger partial charge on any atom is -0.496 e. The Kier molecular flexibility index (Phi) is 3.22. The van der Waals surface area contributed by atoms with Crippen LogP contribution in [0.25, 0.3) is 0 Å². The van der Waals surface area contributed by atoms with Crippen molar-refractivity contribution in [1.29, 1.82) is 0 Å². The molecule has 0 saturated carbocycles. The van der Waals surface area contributed by atoms with E-state index in [2.05, 4.69) is 24.4 Å². The van der Waals surface area contributed by atoms with Crippen LogP contribution in [0.15, 0.2) is 23.1 Å². The van der Waals surface area contributed by atoms with Crippen molar-refractivity contribution >= 4 is 11.8 Å². The van der Waals surface area contributed by atoms with Gasteiger partial charge in [0.15, 0.2) is 0 Å². The first kappa shape index (κ1) is 10.8. The maximum Gasteiger partial charge on any atom is 0.132 e. The Bertz CT molecular complexity index is 353. The summed E-state index contributed by atoms with van der Waals surface area (Å²) in [7, 11) is 3.77. The van der Waals surface area contributed by atoms with E-state index in [1.54, 1.807) is 7.11 Å². The van der Waals surface area contributed by atoms with Crippen LogP contribution in [0.5, 0.6) is 5.75 Å². The highest BCUT2D eigenvalue weighted by Gasteiger charge is 2.32. The van der Waals surface area contributed by atoms with Crippen LogP contribution in [0.4, 0.5) is 0 Å². The van der Waals surface area contributed by atoms with Crippen molar-refractivity contribution in [3.05, 3.63) is 23.8 Å². The Hall–Kier alpha value is -0.670. The Balaban J connectivity index is 2.41. The van der Waals surface area contributed by atoms with Crippen molar-refractivity contribution in [2.24, 2.45) is 0 Å². The van der Waals surface area contributed by atoms with Gasteiger partial charge in [0.1, 0.15) is 5.75 Å². The molecule has 1 N–H and O–H groups in total. The van der Waals surface area contributed by atoms with E-state index in [-0.39, 0.29) is 0 Å². The largest absolute Gasteiger partial charge is 0.496 e. The van der Waals surface area contributed by atoms with Gasteiger partial charge >= 0.3 is 0 Å². The van der Waals surface area contributed by atoms with Gasteiger partial charge in [0.25, 0.3) is 0 Å². The molecule has 0 aromatic heterocycles. The Labute approximate surface area is 95.4 Å². The number of nitrogens with one attached hydrogen (secondary N) is 1. The Morgan fingerprint density at radius 1 is 1.47 bits per heavy atom. The fourth-order valence-electron chi connectivity index (χ4n) is 2.14. The lowest BCUT2D eigenvalue weighted by molar-refractivity contribution is 0.403. The van der Waals surface area contributed by atoms with Gasteiger partial charge in [-0.05, 0) is 25.1 Å². The van der Waals surface area contributed by atoms with Gasteiger partial charge in [-0.1, -0.05) is 19.1 Å². The van der Waals surface area contributed by atoms with Gasteiger partial charge in [-0.15, -0.1) is 11.8 Å². The van der Waals surface area contributed by atoms with Gasteiger partial charge in [-0.3, -0.25) is 0 Å². The summed E-state index contributed by atoms with van der Waals surface area (Å²) in [5.41, 5.74) is 1.38. The number of benzene rings is 1. The monoisotopic (exact) mass is 223 g/mol. The van der Waals surface area contributed by atoms with E-state index < -0.39 is 0 Å². The number of hydrogen-bond acceptors (Lipinski definition) is 3. The first-order chi connectivity index (χ1) is 7.31. The molecule has 15 heavy (non-hydrogen) atoms. The number of hydrogen-bond donors (Lipinski definition) is 1. The highest BCUT2D eigenvalue weighted by atomic mass is 32.2. The second-order valence-corrected chi connectivity index (χ2v) is 4.96. The Morgan fingerprint density at radius 3 is 2.87 bits per heavy atom. The second-order valence-electron chi connectivity index (χ2n) is 3.71. The van der Waals surface area contributed by atoms with Crippen LogP contribution < -0.4 is 10.1 Å². The van der Waals surface area contributed by atoms with Crippen LogP contribution in [-0.2, 0) is 0 Å². The molecule has 0 saturated heterocycles. The van der Waals surface area contributed by atoms with E-state index in [1.165, 1.54) is 16.9 Å². The third-order valence-electron chi connectivity index (χ3n) is 2.92. The van der Waals surface area contributed by atoms with Crippen LogP contribution in [0.1, 0.15) is 24.9 Å². The van der Waals surface area contributed by atoms with Crippen LogP contribution in [-0.4, -0.2) is 19.4 Å². The Morgan fingerprint density at radius 2 is 2.27 bits per heavy atom. The average molecular weight is 223 g/mol. The molecule has 1 aromatic rings. The predicted molar refractivity (Wildman–Crippen MR) is 64.7 cm³/mol. The van der Waals surface area contributed by atoms with Crippen molar-refractivity contribution in [3.63, 3.8) is 0 Å². The van der Waals surface area contributed by atoms with Crippen molar-refractivity contribution in [1.82, 2.24) is 5.32 Å². The maximum atomic E-state index is 5.39. The van der Waals surface area contributed by atoms with Gasteiger partial charge < -0.3 is 10.1 Å². The summed E-state index contributed by atoms with van der Waals surface area (Å²) < 4.78 is 5.39. The summed E-state index contributed by atoms with van der Waals surface area (Å²) in [6, 6.07) is 6.77. The number of rotatable bonds is 3. The highest BCUT2D eigenvalue weighted by Crippen LogP contribution is 2.49. The van der Waals surface area contributed by atoms with Gasteiger partial charge in [-0.2, -0.15) is 0 Å². The predicted octanol–water partition coefficient (Wildman–Crippen LogP) is 2.84. The summed E-state index contributed by atoms with van der Waals surface area (Å²) >= 11 is 1.93. The van der Waals surface area contributed by atoms with Gasteiger partial charge in [0.2, 0.25) is 0 Å². The molecule has 0 amide bonds. The number of ether oxygens (including phenoxy) is 1. The smallest absolute Gasteiger partial charge is 0.132 e. The normalized spacial score (nSPS) is 23.9. The fourth-order valence-corrected chi connectivity index (χ4v) is 3.63. The highest BCUT2D eigenvalue weighted by molar-refractivity contribution is 8.00. The molecule has 2 atom stereocenters. The number of methoxy groups -OCH3 is 1.